The molecule has 0 atom stereocenters. The predicted octanol–water partition coefficient (Wildman–Crippen LogP) is 3.93. The molecule has 0 spiro atoms. The monoisotopic (exact) mass is 393 g/mol. The Hall–Kier alpha value is -3.22. The molecule has 0 aliphatic carbocycles. The van der Waals surface area contributed by atoms with Gasteiger partial charge in [0, 0.05) is 30.9 Å². The zero-order valence-corrected chi connectivity index (χ0v) is 17.5. The first-order valence-corrected chi connectivity index (χ1v) is 9.55. The van der Waals surface area contributed by atoms with Gasteiger partial charge in [0.05, 0.1) is 17.9 Å². The lowest BCUT2D eigenvalue weighted by molar-refractivity contribution is 0.0220. The molecule has 7 nitrogen and oxygen atoms in total. The van der Waals surface area contributed by atoms with Crippen LogP contribution in [0.15, 0.2) is 43.6 Å². The number of fused-ring (bicyclic) bond motifs is 1. The minimum atomic E-state index is -0.546. The number of allylic oxidation sites excluding steroid dienone is 4. The van der Waals surface area contributed by atoms with Crippen LogP contribution in [0.2, 0.25) is 0 Å². The summed E-state index contributed by atoms with van der Waals surface area (Å²) in [6.45, 7) is 14.1. The molecule has 1 aliphatic heterocycles. The van der Waals surface area contributed by atoms with E-state index < -0.39 is 5.60 Å². The van der Waals surface area contributed by atoms with E-state index in [2.05, 4.69) is 18.3 Å². The Morgan fingerprint density at radius 1 is 1.28 bits per heavy atom. The molecule has 29 heavy (non-hydrogen) atoms. The molecule has 2 aromatic heterocycles. The molecular weight excluding hydrogens is 366 g/mol. The molecule has 0 bridgehead atoms. The summed E-state index contributed by atoms with van der Waals surface area (Å²) in [5, 5.41) is 4.52. The molecule has 152 valence electrons. The van der Waals surface area contributed by atoms with Gasteiger partial charge in [0.2, 0.25) is 0 Å². The molecule has 3 heterocycles. The number of amides is 1. The Labute approximate surface area is 171 Å². The standard InChI is InChI=1S/C22H27N5O2/c1-7-9-15(8-2)20-23-18-14-27(21(28)29-22(3,4)5)13-10-16(18)19(24-20)17-11-12-26(6)25-17/h7-9,11-12H,1-2,10,13-14H2,3-6H3/b15-9+. The van der Waals surface area contributed by atoms with Crippen molar-refractivity contribution in [2.75, 3.05) is 6.54 Å². The summed E-state index contributed by atoms with van der Waals surface area (Å²) in [5.74, 6) is 0.533. The van der Waals surface area contributed by atoms with E-state index in [1.807, 2.05) is 46.2 Å². The maximum atomic E-state index is 12.6. The van der Waals surface area contributed by atoms with Crippen molar-refractivity contribution in [3.05, 3.63) is 60.7 Å². The number of nitrogens with zero attached hydrogens (tertiary/aromatic N) is 5. The summed E-state index contributed by atoms with van der Waals surface area (Å²) < 4.78 is 7.28. The predicted molar refractivity (Wildman–Crippen MR) is 113 cm³/mol. The van der Waals surface area contributed by atoms with Crippen LogP contribution in [-0.2, 0) is 24.8 Å². The highest BCUT2D eigenvalue weighted by Gasteiger charge is 2.29. The number of ether oxygens (including phenoxy) is 1. The third-order valence-corrected chi connectivity index (χ3v) is 4.45. The number of rotatable bonds is 4. The van der Waals surface area contributed by atoms with Crippen molar-refractivity contribution in [2.24, 2.45) is 7.05 Å². The Morgan fingerprint density at radius 2 is 2.03 bits per heavy atom. The Balaban J connectivity index is 2.06. The lowest BCUT2D eigenvalue weighted by Crippen LogP contribution is -2.40. The first-order chi connectivity index (χ1) is 13.7. The molecule has 0 radical (unpaired) electrons. The minimum absolute atomic E-state index is 0.340. The van der Waals surface area contributed by atoms with Crippen LogP contribution in [0.25, 0.3) is 17.0 Å². The first-order valence-electron chi connectivity index (χ1n) is 9.55. The van der Waals surface area contributed by atoms with E-state index in [0.29, 0.717) is 25.3 Å². The summed E-state index contributed by atoms with van der Waals surface area (Å²) in [6.07, 6.45) is 7.36. The van der Waals surface area contributed by atoms with Crippen molar-refractivity contribution in [3.63, 3.8) is 0 Å². The van der Waals surface area contributed by atoms with Crippen molar-refractivity contribution in [3.8, 4) is 11.4 Å². The summed E-state index contributed by atoms with van der Waals surface area (Å²) in [5.41, 5.74) is 3.58. The summed E-state index contributed by atoms with van der Waals surface area (Å²) in [4.78, 5) is 23.8. The second kappa shape index (κ2) is 8.03. The van der Waals surface area contributed by atoms with E-state index in [4.69, 9.17) is 14.7 Å². The van der Waals surface area contributed by atoms with Crippen molar-refractivity contribution >= 4 is 11.7 Å². The molecule has 7 heteroatoms. The Kier molecular flexibility index (Phi) is 5.68. The van der Waals surface area contributed by atoms with Crippen molar-refractivity contribution in [2.45, 2.75) is 39.3 Å². The van der Waals surface area contributed by atoms with Gasteiger partial charge in [-0.2, -0.15) is 5.10 Å². The highest BCUT2D eigenvalue weighted by Crippen LogP contribution is 2.29. The van der Waals surface area contributed by atoms with Gasteiger partial charge in [-0.25, -0.2) is 14.8 Å². The van der Waals surface area contributed by atoms with Gasteiger partial charge in [-0.05, 0) is 33.3 Å². The molecule has 0 saturated heterocycles. The topological polar surface area (TPSA) is 73.1 Å². The molecular formula is C22H27N5O2. The molecule has 0 saturated carbocycles. The fourth-order valence-electron chi connectivity index (χ4n) is 3.16. The average molecular weight is 393 g/mol. The first kappa shape index (κ1) is 20.5. The van der Waals surface area contributed by atoms with Crippen LogP contribution in [0.5, 0.6) is 0 Å². The van der Waals surface area contributed by atoms with Crippen molar-refractivity contribution < 1.29 is 9.53 Å². The quantitative estimate of drug-likeness (QED) is 0.736. The van der Waals surface area contributed by atoms with E-state index in [0.717, 1.165) is 28.2 Å². The molecule has 3 rings (SSSR count). The van der Waals surface area contributed by atoms with E-state index in [1.54, 1.807) is 21.7 Å². The number of hydrogen-bond acceptors (Lipinski definition) is 5. The average Bonchev–Trinajstić information content (AvgIpc) is 3.09. The van der Waals surface area contributed by atoms with Crippen molar-refractivity contribution in [1.82, 2.24) is 24.6 Å². The van der Waals surface area contributed by atoms with Gasteiger partial charge >= 0.3 is 6.09 Å². The van der Waals surface area contributed by atoms with Gasteiger partial charge < -0.3 is 9.64 Å². The normalized spacial score (nSPS) is 14.3. The van der Waals surface area contributed by atoms with E-state index in [9.17, 15) is 4.79 Å². The molecule has 0 aromatic carbocycles. The van der Waals surface area contributed by atoms with Gasteiger partial charge in [-0.3, -0.25) is 4.68 Å². The fraction of sp³-hybridized carbons (Fsp3) is 0.364. The van der Waals surface area contributed by atoms with Crippen LogP contribution >= 0.6 is 0 Å². The zero-order chi connectivity index (χ0) is 21.2. The summed E-state index contributed by atoms with van der Waals surface area (Å²) >= 11 is 0. The third kappa shape index (κ3) is 4.62. The van der Waals surface area contributed by atoms with Gasteiger partial charge in [-0.15, -0.1) is 0 Å². The number of carbonyl (C=O) groups is 1. The van der Waals surface area contributed by atoms with Crippen LogP contribution in [0.4, 0.5) is 4.79 Å². The van der Waals surface area contributed by atoms with Gasteiger partial charge in [0.1, 0.15) is 11.3 Å². The van der Waals surface area contributed by atoms with Crippen LogP contribution in [-0.4, -0.2) is 42.9 Å². The van der Waals surface area contributed by atoms with E-state index >= 15 is 0 Å². The highest BCUT2D eigenvalue weighted by molar-refractivity contribution is 5.73. The molecule has 0 N–H and O–H groups in total. The number of aryl methyl sites for hydroxylation is 1. The van der Waals surface area contributed by atoms with Crippen LogP contribution in [0.1, 0.15) is 37.9 Å². The fourth-order valence-corrected chi connectivity index (χ4v) is 3.16. The summed E-state index contributed by atoms with van der Waals surface area (Å²) in [6, 6.07) is 1.93. The largest absolute Gasteiger partial charge is 0.444 e. The second-order valence-electron chi connectivity index (χ2n) is 7.91. The van der Waals surface area contributed by atoms with Crippen molar-refractivity contribution in [1.29, 1.82) is 0 Å². The lowest BCUT2D eigenvalue weighted by Gasteiger charge is -2.31. The maximum absolute atomic E-state index is 12.6. The van der Waals surface area contributed by atoms with E-state index in [-0.39, 0.29) is 6.09 Å². The molecule has 0 fully saturated rings. The maximum Gasteiger partial charge on any atom is 0.410 e. The number of aromatic nitrogens is 4. The zero-order valence-electron chi connectivity index (χ0n) is 17.5. The van der Waals surface area contributed by atoms with Crippen LogP contribution in [0.3, 0.4) is 0 Å². The second-order valence-corrected chi connectivity index (χ2v) is 7.91. The highest BCUT2D eigenvalue weighted by atomic mass is 16.6. The smallest absolute Gasteiger partial charge is 0.410 e. The van der Waals surface area contributed by atoms with Gasteiger partial charge in [-0.1, -0.05) is 31.4 Å². The van der Waals surface area contributed by atoms with E-state index in [1.165, 1.54) is 0 Å². The summed E-state index contributed by atoms with van der Waals surface area (Å²) in [7, 11) is 1.87. The molecule has 1 amide bonds. The number of carbonyl (C=O) groups excluding carboxylic acids is 1. The number of hydrogen-bond donors (Lipinski definition) is 0. The Morgan fingerprint density at radius 3 is 2.62 bits per heavy atom. The molecule has 2 aromatic rings. The third-order valence-electron chi connectivity index (χ3n) is 4.45. The molecule has 0 unspecified atom stereocenters. The van der Waals surface area contributed by atoms with Gasteiger partial charge in [0.15, 0.2) is 5.82 Å². The SMILES string of the molecule is C=C/C=C(\C=C)c1nc2c(c(-c3ccn(C)n3)n1)CCN(C(=O)OC(C)(C)C)C2. The molecule has 1 aliphatic rings. The van der Waals surface area contributed by atoms with Gasteiger partial charge in [0.25, 0.3) is 0 Å². The minimum Gasteiger partial charge on any atom is -0.444 e. The van der Waals surface area contributed by atoms with Crippen LogP contribution in [0, 0.1) is 0 Å². The van der Waals surface area contributed by atoms with Crippen LogP contribution < -0.4 is 0 Å². The Bertz CT molecular complexity index is 982. The lowest BCUT2D eigenvalue weighted by atomic mass is 10.0.